The molecule has 0 N–H and O–H groups in total. The molecule has 438 valence electrons. The average molecular weight is 1210 g/mol. The summed E-state index contributed by atoms with van der Waals surface area (Å²) in [5, 5.41) is 50.1. The van der Waals surface area contributed by atoms with Crippen LogP contribution in [-0.4, -0.2) is 115 Å². The molecule has 0 heterocycles. The van der Waals surface area contributed by atoms with Gasteiger partial charge >= 0.3 is 127 Å². The SMILES string of the molecule is CCOC(OCC)N(C)C.Cc1cc([N+](=O)[O-])ccc1F.O=CO[O-].[C-]#[N+]/C(=C\N(C)C)c1ccc([N+](=O)[O-])cc1C.[C-]#[N+]C(C(=O)OCC)c1ccc([N+](=O)[O-])cc1C.[C-]#[N+]CC(=O)OCC.[C-]#[N+]Cc1ccc([N+](=O)[O-])cc1C.[H-].[K+].[K+]. The topological polar surface area (TPSA) is 317 Å². The summed E-state index contributed by atoms with van der Waals surface area (Å²) in [4.78, 5) is 89.2. The molecule has 83 heavy (non-hydrogen) atoms. The Morgan fingerprint density at radius 3 is 1.42 bits per heavy atom. The van der Waals surface area contributed by atoms with E-state index in [0.717, 1.165) is 34.4 Å². The van der Waals surface area contributed by atoms with Gasteiger partial charge < -0.3 is 45.1 Å². The number of nitrogens with zero attached hydrogens (tertiary/aromatic N) is 10. The molecule has 0 saturated carbocycles. The number of aryl methyl sites for hydroxylation is 4. The van der Waals surface area contributed by atoms with Crippen molar-refractivity contribution in [3.05, 3.63) is 210 Å². The molecule has 0 aliphatic rings. The number of hydrogen-bond donors (Lipinski definition) is 0. The molecule has 4 rings (SSSR count). The number of benzene rings is 4. The summed E-state index contributed by atoms with van der Waals surface area (Å²) in [6.45, 7) is 42.8. The molecular formula is C53H65FK2N10O17. The number of esters is 2. The van der Waals surface area contributed by atoms with Crippen LogP contribution >= 0.6 is 0 Å². The average Bonchev–Trinajstić information content (AvgIpc) is 3.41. The van der Waals surface area contributed by atoms with E-state index in [1.165, 1.54) is 55.5 Å². The van der Waals surface area contributed by atoms with Crippen molar-refractivity contribution >= 4 is 46.9 Å². The van der Waals surface area contributed by atoms with Crippen LogP contribution in [0.25, 0.3) is 25.1 Å². The number of hydrogen-bond acceptors (Lipinski definition) is 19. The zero-order valence-corrected chi connectivity index (χ0v) is 55.0. The minimum Gasteiger partial charge on any atom is -1.00 e. The number of ether oxygens (including phenoxy) is 4. The van der Waals surface area contributed by atoms with E-state index in [1.807, 2.05) is 46.9 Å². The molecule has 1 atom stereocenters. The predicted octanol–water partition coefficient (Wildman–Crippen LogP) is 3.40. The number of nitro benzene ring substituents is 4. The van der Waals surface area contributed by atoms with Gasteiger partial charge in [0.15, 0.2) is 0 Å². The van der Waals surface area contributed by atoms with Crippen molar-refractivity contribution in [3.8, 4) is 0 Å². The van der Waals surface area contributed by atoms with Gasteiger partial charge in [0.1, 0.15) is 5.82 Å². The van der Waals surface area contributed by atoms with Crippen molar-refractivity contribution < 1.29 is 172 Å². The van der Waals surface area contributed by atoms with Gasteiger partial charge in [-0.2, -0.15) is 0 Å². The Labute approximate surface area is 567 Å². The first-order valence-corrected chi connectivity index (χ1v) is 23.5. The van der Waals surface area contributed by atoms with E-state index < -0.39 is 43.5 Å². The Morgan fingerprint density at radius 2 is 1.08 bits per heavy atom. The van der Waals surface area contributed by atoms with Crippen molar-refractivity contribution in [2.24, 2.45) is 0 Å². The number of carbonyl (C=O) groups excluding carboxylic acids is 3. The Bertz CT molecular complexity index is 2910. The summed E-state index contributed by atoms with van der Waals surface area (Å²) in [6, 6.07) is 15.5. The fourth-order valence-electron chi connectivity index (χ4n) is 5.70. The van der Waals surface area contributed by atoms with Gasteiger partial charge in [0.05, 0.1) is 39.5 Å². The normalized spacial score (nSPS) is 9.76. The van der Waals surface area contributed by atoms with Crippen molar-refractivity contribution in [2.75, 3.05) is 61.2 Å². The largest absolute Gasteiger partial charge is 1.00 e. The molecule has 0 bridgehead atoms. The number of carbonyl (C=O) groups is 3. The second-order valence-corrected chi connectivity index (χ2v) is 15.8. The number of nitro groups is 4. The van der Waals surface area contributed by atoms with Crippen LogP contribution in [0.5, 0.6) is 0 Å². The standard InChI is InChI=1S/C12H13N3O2.C12H12N2O4.C9H8N2O2.C7H6FNO2.C7H17NO2.C5H7NO2.CH2O3.2K.H/c1-9-7-10(15(16)17)5-6-11(9)12(13-2)8-14(3)4;1-4-18-12(15)11(13-3)10-6-5-9(14(16)17)7-8(10)2;1-7-5-9(11(12)13)4-3-8(7)6-10-2;1-5-4-6(9(10)11)2-3-7(5)8;1-5-9-7(8(3)4)10-6-2;1-3-8-5(7)4-6-2;2-1-4-3;;;/h5-8H,1,3-4H3;5-7,11H,4H2,1-2H3;3-5H,6H2,1H3;2-4H,1H3;7H,5-6H2,1-4H3;3-4H2,1H3;1,3H;;;/q;;;;;;;2*+1;-1/p-1/b12-8-;;;;;;;;;. The van der Waals surface area contributed by atoms with Crippen LogP contribution < -0.4 is 108 Å². The van der Waals surface area contributed by atoms with Crippen LogP contribution in [-0.2, 0) is 44.8 Å². The summed E-state index contributed by atoms with van der Waals surface area (Å²) in [6.07, 6.45) is 1.51. The molecule has 0 amide bonds. The smallest absolute Gasteiger partial charge is 1.00 e. The summed E-state index contributed by atoms with van der Waals surface area (Å²) >= 11 is 0. The first kappa shape index (κ1) is 85.2. The van der Waals surface area contributed by atoms with Crippen LogP contribution in [0.4, 0.5) is 27.1 Å². The molecule has 0 aliphatic carbocycles. The van der Waals surface area contributed by atoms with Crippen LogP contribution in [0.2, 0.25) is 0 Å². The molecule has 4 aromatic carbocycles. The molecule has 0 aliphatic heterocycles. The molecule has 0 radical (unpaired) electrons. The maximum atomic E-state index is 12.5. The zero-order valence-electron chi connectivity index (χ0n) is 49.8. The number of halogens is 1. The van der Waals surface area contributed by atoms with Crippen LogP contribution in [0.15, 0.2) is 79.0 Å². The van der Waals surface area contributed by atoms with Gasteiger partial charge in [-0.3, -0.25) is 55.0 Å². The van der Waals surface area contributed by atoms with E-state index in [4.69, 9.17) is 50.6 Å². The molecule has 30 heteroatoms. The predicted molar refractivity (Wildman–Crippen MR) is 293 cm³/mol. The second-order valence-electron chi connectivity index (χ2n) is 15.8. The molecule has 0 fully saturated rings. The minimum absolute atomic E-state index is 0. The third kappa shape index (κ3) is 37.3. The first-order chi connectivity index (χ1) is 38.2. The van der Waals surface area contributed by atoms with Crippen LogP contribution in [0.1, 0.15) is 74.1 Å². The third-order valence-corrected chi connectivity index (χ3v) is 9.33. The molecular weight excluding hydrogens is 1150 g/mol. The van der Waals surface area contributed by atoms with E-state index in [9.17, 15) is 54.4 Å². The second kappa shape index (κ2) is 50.0. The Morgan fingerprint density at radius 1 is 0.651 bits per heavy atom. The fourth-order valence-corrected chi connectivity index (χ4v) is 5.70. The molecule has 0 saturated heterocycles. The van der Waals surface area contributed by atoms with Crippen molar-refractivity contribution in [1.82, 2.24) is 9.80 Å². The summed E-state index contributed by atoms with van der Waals surface area (Å²) in [7, 11) is 7.50. The monoisotopic (exact) mass is 1210 g/mol. The van der Waals surface area contributed by atoms with Gasteiger partial charge in [0.25, 0.3) is 29.2 Å². The minimum atomic E-state index is -1.06. The van der Waals surface area contributed by atoms with Crippen molar-refractivity contribution in [1.29, 1.82) is 0 Å². The third-order valence-electron chi connectivity index (χ3n) is 9.33. The van der Waals surface area contributed by atoms with Gasteiger partial charge in [-0.05, 0) is 116 Å². The van der Waals surface area contributed by atoms with E-state index >= 15 is 0 Å². The van der Waals surface area contributed by atoms with Crippen molar-refractivity contribution in [3.63, 3.8) is 0 Å². The fraction of sp³-hybridized carbons (Fsp3) is 0.377. The van der Waals surface area contributed by atoms with E-state index in [2.05, 4.69) is 29.0 Å². The molecule has 27 nitrogen and oxygen atoms in total. The van der Waals surface area contributed by atoms with E-state index in [0.29, 0.717) is 42.2 Å². The number of rotatable bonds is 18. The molecule has 1 unspecified atom stereocenters. The summed E-state index contributed by atoms with van der Waals surface area (Å²) in [5.74, 6) is -1.50. The Kier molecular flexibility index (Phi) is 51.3. The molecule has 4 aromatic rings. The van der Waals surface area contributed by atoms with Crippen LogP contribution in [0.3, 0.4) is 0 Å². The van der Waals surface area contributed by atoms with Gasteiger partial charge in [-0.15, -0.1) is 0 Å². The first-order valence-electron chi connectivity index (χ1n) is 23.5. The van der Waals surface area contributed by atoms with Gasteiger partial charge in [-0.1, -0.05) is 6.07 Å². The van der Waals surface area contributed by atoms with E-state index in [-0.39, 0.29) is 160 Å². The van der Waals surface area contributed by atoms with Gasteiger partial charge in [0, 0.05) is 93.2 Å². The maximum Gasteiger partial charge on any atom is 1.00 e. The Balaban J connectivity index is -0.000000217. The molecule has 0 spiro atoms. The van der Waals surface area contributed by atoms with Crippen LogP contribution in [0, 0.1) is 100 Å². The summed E-state index contributed by atoms with van der Waals surface area (Å²) < 4.78 is 32.3. The number of non-ortho nitro benzene ring substituents is 4. The molecule has 0 aromatic heterocycles. The van der Waals surface area contributed by atoms with Crippen molar-refractivity contribution in [2.45, 2.75) is 74.4 Å². The Hall–Kier alpha value is -6.57. The zero-order chi connectivity index (χ0) is 62.8. The quantitative estimate of drug-likeness (QED) is 0.0201. The van der Waals surface area contributed by atoms with Gasteiger partial charge in [0.2, 0.25) is 18.7 Å². The van der Waals surface area contributed by atoms with E-state index in [1.54, 1.807) is 57.9 Å². The maximum absolute atomic E-state index is 12.5. The van der Waals surface area contributed by atoms with Gasteiger partial charge in [-0.25, -0.2) is 38.5 Å². The summed E-state index contributed by atoms with van der Waals surface area (Å²) in [5.41, 5.74) is 4.79.